The highest BCUT2D eigenvalue weighted by Crippen LogP contribution is 2.45. The second-order valence-corrected chi connectivity index (χ2v) is 21.3. The molecule has 0 aromatic heterocycles. The van der Waals surface area contributed by atoms with Crippen LogP contribution in [0.15, 0.2) is 24.3 Å². The van der Waals surface area contributed by atoms with Crippen molar-refractivity contribution in [2.24, 2.45) is 0 Å². The number of hydrogen-bond acceptors (Lipinski definition) is 5. The van der Waals surface area contributed by atoms with E-state index in [-0.39, 0.29) is 31.1 Å². The standard InChI is InChI=1S/C22H42BNO4Si2/c1-21(2)22(3,4)28-23(27-21)20(24(29(6,7)8)30(9,10)11)19-15-13-12-14-18(19)16-26-17-25-5/h12-15,20H,16-17H2,1-11H3. The molecule has 1 aliphatic rings. The first kappa shape index (κ1) is 25.8. The van der Waals surface area contributed by atoms with Crippen LogP contribution in [0.3, 0.4) is 0 Å². The number of benzene rings is 1. The van der Waals surface area contributed by atoms with Crippen molar-refractivity contribution in [2.45, 2.75) is 90.7 Å². The van der Waals surface area contributed by atoms with Crippen LogP contribution in [0.2, 0.25) is 39.3 Å². The molecule has 2 rings (SSSR count). The maximum atomic E-state index is 6.65. The van der Waals surface area contributed by atoms with Crippen molar-refractivity contribution in [3.05, 3.63) is 35.4 Å². The molecular formula is C22H42BNO4Si2. The molecule has 1 heterocycles. The lowest BCUT2D eigenvalue weighted by Crippen LogP contribution is -2.63. The molecule has 1 atom stereocenters. The van der Waals surface area contributed by atoms with E-state index in [1.807, 2.05) is 0 Å². The maximum Gasteiger partial charge on any atom is 0.479 e. The molecular weight excluding hydrogens is 409 g/mol. The van der Waals surface area contributed by atoms with Gasteiger partial charge in [0, 0.05) is 7.11 Å². The second-order valence-electron chi connectivity index (χ2n) is 11.2. The van der Waals surface area contributed by atoms with E-state index in [0.717, 1.165) is 5.56 Å². The SMILES string of the molecule is COCOCc1ccccc1C(B1OC(C)(C)C(C)(C)O1)N([Si](C)(C)C)[Si](C)(C)C. The Morgan fingerprint density at radius 3 is 1.90 bits per heavy atom. The van der Waals surface area contributed by atoms with Gasteiger partial charge in [-0.15, -0.1) is 0 Å². The smallest absolute Gasteiger partial charge is 0.402 e. The van der Waals surface area contributed by atoms with Crippen LogP contribution in [0.4, 0.5) is 0 Å². The summed E-state index contributed by atoms with van der Waals surface area (Å²) in [6.07, 6.45) is 0. The van der Waals surface area contributed by atoms with Gasteiger partial charge in [-0.1, -0.05) is 63.5 Å². The van der Waals surface area contributed by atoms with Crippen LogP contribution >= 0.6 is 0 Å². The van der Waals surface area contributed by atoms with Crippen LogP contribution in [0.5, 0.6) is 0 Å². The van der Waals surface area contributed by atoms with E-state index < -0.39 is 16.5 Å². The maximum absolute atomic E-state index is 6.65. The Labute approximate surface area is 186 Å². The Morgan fingerprint density at radius 2 is 1.43 bits per heavy atom. The lowest BCUT2D eigenvalue weighted by molar-refractivity contribution is -0.0393. The molecule has 1 unspecified atom stereocenters. The average Bonchev–Trinajstić information content (AvgIpc) is 2.78. The van der Waals surface area contributed by atoms with Crippen molar-refractivity contribution in [3.63, 3.8) is 0 Å². The molecule has 0 bridgehead atoms. The minimum Gasteiger partial charge on any atom is -0.402 e. The molecule has 0 N–H and O–H groups in total. The third-order valence-electron chi connectivity index (χ3n) is 6.09. The summed E-state index contributed by atoms with van der Waals surface area (Å²) in [6.45, 7) is 23.8. The minimum absolute atomic E-state index is 0.0201. The zero-order valence-corrected chi connectivity index (χ0v) is 23.0. The average molecular weight is 452 g/mol. The van der Waals surface area contributed by atoms with Crippen molar-refractivity contribution in [2.75, 3.05) is 13.9 Å². The van der Waals surface area contributed by atoms with Gasteiger partial charge < -0.3 is 23.0 Å². The summed E-state index contributed by atoms with van der Waals surface area (Å²) in [5.41, 5.74) is 1.65. The van der Waals surface area contributed by atoms with Gasteiger partial charge in [-0.2, -0.15) is 0 Å². The Balaban J connectivity index is 2.61. The van der Waals surface area contributed by atoms with E-state index in [4.69, 9.17) is 18.8 Å². The summed E-state index contributed by atoms with van der Waals surface area (Å²) in [6, 6.07) is 8.55. The third kappa shape index (κ3) is 5.65. The molecule has 1 saturated heterocycles. The lowest BCUT2D eigenvalue weighted by Gasteiger charge is -2.49. The van der Waals surface area contributed by atoms with Crippen molar-refractivity contribution in [1.82, 2.24) is 4.23 Å². The number of rotatable bonds is 9. The molecule has 1 aromatic rings. The topological polar surface area (TPSA) is 40.2 Å². The van der Waals surface area contributed by atoms with Gasteiger partial charge in [0.25, 0.3) is 0 Å². The van der Waals surface area contributed by atoms with Crippen molar-refractivity contribution >= 4 is 23.6 Å². The van der Waals surface area contributed by atoms with Gasteiger partial charge in [0.2, 0.25) is 0 Å². The van der Waals surface area contributed by atoms with Crippen LogP contribution in [0.1, 0.15) is 44.8 Å². The van der Waals surface area contributed by atoms with Crippen molar-refractivity contribution in [3.8, 4) is 0 Å². The molecule has 1 aromatic carbocycles. The third-order valence-corrected chi connectivity index (χ3v) is 13.6. The zero-order chi connectivity index (χ0) is 23.0. The fourth-order valence-corrected chi connectivity index (χ4v) is 14.7. The molecule has 0 spiro atoms. The summed E-state index contributed by atoms with van der Waals surface area (Å²) in [7, 11) is -2.13. The fourth-order valence-electron chi connectivity index (χ4n) is 4.45. The van der Waals surface area contributed by atoms with Gasteiger partial charge in [0.05, 0.1) is 23.8 Å². The normalized spacial score (nSPS) is 20.1. The highest BCUT2D eigenvalue weighted by atomic mass is 28.4. The summed E-state index contributed by atoms with van der Waals surface area (Å²) < 4.78 is 26.9. The Morgan fingerprint density at radius 1 is 0.933 bits per heavy atom. The second kappa shape index (κ2) is 9.17. The van der Waals surface area contributed by atoms with Crippen LogP contribution in [0, 0.1) is 0 Å². The molecule has 0 amide bonds. The molecule has 1 fully saturated rings. The van der Waals surface area contributed by atoms with E-state index in [9.17, 15) is 0 Å². The van der Waals surface area contributed by atoms with Gasteiger partial charge >= 0.3 is 7.12 Å². The fraction of sp³-hybridized carbons (Fsp3) is 0.727. The summed E-state index contributed by atoms with van der Waals surface area (Å²) >= 11 is 0. The predicted octanol–water partition coefficient (Wildman–Crippen LogP) is 5.45. The van der Waals surface area contributed by atoms with Gasteiger partial charge in [-0.25, -0.2) is 0 Å². The molecule has 5 nitrogen and oxygen atoms in total. The quantitative estimate of drug-likeness (QED) is 0.284. The van der Waals surface area contributed by atoms with E-state index >= 15 is 0 Å². The molecule has 8 heteroatoms. The molecule has 30 heavy (non-hydrogen) atoms. The van der Waals surface area contributed by atoms with Crippen LogP contribution < -0.4 is 0 Å². The largest absolute Gasteiger partial charge is 0.479 e. The van der Waals surface area contributed by atoms with Crippen molar-refractivity contribution in [1.29, 1.82) is 0 Å². The van der Waals surface area contributed by atoms with Crippen molar-refractivity contribution < 1.29 is 18.8 Å². The van der Waals surface area contributed by atoms with E-state index in [2.05, 4.69) is 95.5 Å². The van der Waals surface area contributed by atoms with Crippen LogP contribution in [-0.2, 0) is 25.4 Å². The van der Waals surface area contributed by atoms with Crippen LogP contribution in [0.25, 0.3) is 0 Å². The van der Waals surface area contributed by atoms with E-state index in [1.54, 1.807) is 7.11 Å². The molecule has 0 aliphatic carbocycles. The zero-order valence-electron chi connectivity index (χ0n) is 21.0. The number of hydrogen-bond donors (Lipinski definition) is 0. The Kier molecular flexibility index (Phi) is 7.88. The summed E-state index contributed by atoms with van der Waals surface area (Å²) in [4.78, 5) is 0. The predicted molar refractivity (Wildman–Crippen MR) is 130 cm³/mol. The number of nitrogens with zero attached hydrogens (tertiary/aromatic N) is 1. The van der Waals surface area contributed by atoms with E-state index in [1.165, 1.54) is 5.56 Å². The van der Waals surface area contributed by atoms with Gasteiger partial charge in [-0.3, -0.25) is 0 Å². The molecule has 1 aliphatic heterocycles. The van der Waals surface area contributed by atoms with Crippen LogP contribution in [-0.4, -0.2) is 52.9 Å². The summed E-state index contributed by atoms with van der Waals surface area (Å²) in [5.74, 6) is 0.0201. The Hall–Kier alpha value is -0.481. The first-order valence-corrected chi connectivity index (χ1v) is 17.8. The number of ether oxygens (including phenoxy) is 2. The molecule has 0 radical (unpaired) electrons. The highest BCUT2D eigenvalue weighted by Gasteiger charge is 2.57. The van der Waals surface area contributed by atoms with E-state index in [0.29, 0.717) is 6.61 Å². The number of methoxy groups -OCH3 is 1. The minimum atomic E-state index is -1.72. The molecule has 0 saturated carbocycles. The van der Waals surface area contributed by atoms with Gasteiger partial charge in [-0.05, 0) is 38.8 Å². The lowest BCUT2D eigenvalue weighted by atomic mass is 9.73. The first-order valence-electron chi connectivity index (χ1n) is 10.9. The molecule has 170 valence electrons. The van der Waals surface area contributed by atoms with Gasteiger partial charge in [0.1, 0.15) is 23.3 Å². The Bertz CT molecular complexity index is 686. The monoisotopic (exact) mass is 451 g/mol. The van der Waals surface area contributed by atoms with Gasteiger partial charge in [0.15, 0.2) is 0 Å². The summed E-state index contributed by atoms with van der Waals surface area (Å²) in [5, 5.41) is 0. The highest BCUT2D eigenvalue weighted by molar-refractivity contribution is 6.90. The first-order chi connectivity index (χ1) is 13.6.